The predicted molar refractivity (Wildman–Crippen MR) is 159 cm³/mol. The van der Waals surface area contributed by atoms with Gasteiger partial charge in [0.25, 0.3) is 0 Å². The van der Waals surface area contributed by atoms with Gasteiger partial charge in [0.15, 0.2) is 0 Å². The highest BCUT2D eigenvalue weighted by Gasteiger charge is 2.21. The number of unbranched alkanes of at least 4 members (excludes halogenated alkanes) is 1. The number of carboxylic acid groups (broad SMARTS) is 1. The maximum Gasteiger partial charge on any atom is 0.326 e. The number of benzene rings is 1. The van der Waals surface area contributed by atoms with E-state index in [0.717, 1.165) is 48.3 Å². The number of hydrogen-bond acceptors (Lipinski definition) is 7. The molecule has 0 fully saturated rings. The second-order valence-corrected chi connectivity index (χ2v) is 9.84. The number of aromatic nitrogens is 2. The van der Waals surface area contributed by atoms with E-state index in [9.17, 15) is 14.3 Å². The van der Waals surface area contributed by atoms with E-state index in [-0.39, 0.29) is 13.2 Å². The summed E-state index contributed by atoms with van der Waals surface area (Å²) in [5.74, 6) is 0.436. The molecule has 0 saturated heterocycles. The molecule has 1 aromatic carbocycles. The largest absolute Gasteiger partial charge is 0.480 e. The first-order valence-corrected chi connectivity index (χ1v) is 14.0. The van der Waals surface area contributed by atoms with Gasteiger partial charge < -0.3 is 25.4 Å². The number of pyridine rings is 2. The topological polar surface area (TPSA) is 99.6 Å². The molecule has 0 aliphatic rings. The lowest BCUT2D eigenvalue weighted by atomic mass is 10.1. The Morgan fingerprint density at radius 3 is 2.60 bits per heavy atom. The number of hydrogen-bond donors (Lipinski definition) is 3. The summed E-state index contributed by atoms with van der Waals surface area (Å²) >= 11 is 0. The van der Waals surface area contributed by atoms with Crippen LogP contribution in [-0.4, -0.2) is 78.6 Å². The van der Waals surface area contributed by atoms with Crippen LogP contribution in [0.2, 0.25) is 0 Å². The molecule has 2 atom stereocenters. The van der Waals surface area contributed by atoms with Gasteiger partial charge in [-0.1, -0.05) is 43.3 Å². The van der Waals surface area contributed by atoms with Crippen LogP contribution in [0.25, 0.3) is 11.1 Å². The lowest BCUT2D eigenvalue weighted by Gasteiger charge is -2.26. The number of methoxy groups -OCH3 is 1. The van der Waals surface area contributed by atoms with E-state index in [1.807, 2.05) is 54.4 Å². The van der Waals surface area contributed by atoms with Crippen molar-refractivity contribution in [3.8, 4) is 11.1 Å². The van der Waals surface area contributed by atoms with E-state index in [0.29, 0.717) is 25.3 Å². The van der Waals surface area contributed by atoms with E-state index in [2.05, 4.69) is 34.7 Å². The second-order valence-electron chi connectivity index (χ2n) is 9.84. The van der Waals surface area contributed by atoms with Gasteiger partial charge in [0, 0.05) is 39.1 Å². The van der Waals surface area contributed by atoms with Crippen LogP contribution < -0.4 is 10.6 Å². The highest BCUT2D eigenvalue weighted by atomic mass is 19.1. The molecule has 2 aromatic heterocycles. The predicted octanol–water partition coefficient (Wildman–Crippen LogP) is 5.31. The number of aliphatic carboxylic acids is 1. The fourth-order valence-corrected chi connectivity index (χ4v) is 4.69. The van der Waals surface area contributed by atoms with Gasteiger partial charge in [-0.25, -0.2) is 19.2 Å². The second kappa shape index (κ2) is 16.5. The van der Waals surface area contributed by atoms with Crippen LogP contribution >= 0.6 is 0 Å². The number of carboxylic acids is 1. The van der Waals surface area contributed by atoms with Gasteiger partial charge in [0.05, 0.1) is 6.61 Å². The van der Waals surface area contributed by atoms with Crippen molar-refractivity contribution in [2.45, 2.75) is 51.2 Å². The Morgan fingerprint density at radius 2 is 1.90 bits per heavy atom. The zero-order valence-electron chi connectivity index (χ0n) is 23.8. The molecule has 2 unspecified atom stereocenters. The molecule has 8 nitrogen and oxygen atoms in total. The lowest BCUT2D eigenvalue weighted by molar-refractivity contribution is -0.138. The van der Waals surface area contributed by atoms with E-state index < -0.39 is 18.2 Å². The average Bonchev–Trinajstić information content (AvgIpc) is 2.97. The number of nitrogens with zero attached hydrogens (tertiary/aromatic N) is 3. The average molecular weight is 552 g/mol. The fourth-order valence-electron chi connectivity index (χ4n) is 4.69. The zero-order chi connectivity index (χ0) is 28.7. The van der Waals surface area contributed by atoms with Gasteiger partial charge in [-0.05, 0) is 73.5 Å². The smallest absolute Gasteiger partial charge is 0.326 e. The maximum absolute atomic E-state index is 14.5. The highest BCUT2D eigenvalue weighted by Crippen LogP contribution is 2.21. The first-order chi connectivity index (χ1) is 19.4. The van der Waals surface area contributed by atoms with Crippen molar-refractivity contribution >= 4 is 17.6 Å². The number of alkyl halides is 1. The molecule has 0 amide bonds. The molecule has 0 aliphatic carbocycles. The summed E-state index contributed by atoms with van der Waals surface area (Å²) in [6, 6.07) is 16.9. The molecule has 3 rings (SSSR count). The summed E-state index contributed by atoms with van der Waals surface area (Å²) in [6.45, 7) is 3.39. The monoisotopic (exact) mass is 551 g/mol. The van der Waals surface area contributed by atoms with Crippen molar-refractivity contribution in [3.63, 3.8) is 0 Å². The molecule has 0 bridgehead atoms. The molecule has 9 heteroatoms. The molecule has 216 valence electrons. The minimum atomic E-state index is -1.15. The third-order valence-corrected chi connectivity index (χ3v) is 6.84. The van der Waals surface area contributed by atoms with Crippen molar-refractivity contribution in [1.29, 1.82) is 0 Å². The normalized spacial score (nSPS) is 12.7. The molecular weight excluding hydrogens is 509 g/mol. The summed E-state index contributed by atoms with van der Waals surface area (Å²) in [4.78, 5) is 23.1. The number of nitrogens with one attached hydrogen (secondary N) is 2. The third kappa shape index (κ3) is 9.88. The minimum Gasteiger partial charge on any atom is -0.480 e. The number of rotatable bonds is 18. The SMILES string of the molecule is CCc1ccc(CCCCN(CCC(Nc2cc(-c3ccccc3)ccn2)C(=O)O)CC(F)COC)nc1NC. The van der Waals surface area contributed by atoms with Crippen LogP contribution in [0.5, 0.6) is 0 Å². The van der Waals surface area contributed by atoms with Crippen molar-refractivity contribution in [3.05, 3.63) is 72.1 Å². The molecule has 2 heterocycles. The number of aryl methyl sites for hydroxylation is 2. The third-order valence-electron chi connectivity index (χ3n) is 6.84. The fraction of sp³-hybridized carbons (Fsp3) is 0.452. The number of carbonyl (C=O) groups is 1. The van der Waals surface area contributed by atoms with Crippen molar-refractivity contribution in [2.75, 3.05) is 51.0 Å². The Bertz CT molecular complexity index is 1180. The Kier molecular flexibility index (Phi) is 12.8. The van der Waals surface area contributed by atoms with Crippen LogP contribution in [-0.2, 0) is 22.4 Å². The summed E-state index contributed by atoms with van der Waals surface area (Å²) in [5.41, 5.74) is 4.19. The van der Waals surface area contributed by atoms with Gasteiger partial charge in [-0.2, -0.15) is 0 Å². The Morgan fingerprint density at radius 1 is 1.10 bits per heavy atom. The quantitative estimate of drug-likeness (QED) is 0.183. The van der Waals surface area contributed by atoms with E-state index in [4.69, 9.17) is 9.72 Å². The molecule has 3 N–H and O–H groups in total. The molecule has 40 heavy (non-hydrogen) atoms. The van der Waals surface area contributed by atoms with E-state index in [1.54, 1.807) is 6.20 Å². The molecule has 3 aromatic rings. The minimum absolute atomic E-state index is 0.00774. The lowest BCUT2D eigenvalue weighted by Crippen LogP contribution is -2.38. The maximum atomic E-state index is 14.5. The standard InChI is InChI=1S/C31H42FN5O3/c1-4-23-13-14-27(35-30(23)33-2)12-8-9-18-37(21-26(32)22-40-3)19-16-28(31(38)39)36-29-20-25(15-17-34-29)24-10-6-5-7-11-24/h5-7,10-11,13-15,17,20,26,28H,4,8-9,12,16,18-19,21-22H2,1-3H3,(H,33,35)(H,34,36)(H,38,39). The first kappa shape index (κ1) is 31.0. The Labute approximate surface area is 237 Å². The molecular formula is C31H42FN5O3. The van der Waals surface area contributed by atoms with Crippen LogP contribution in [0.4, 0.5) is 16.0 Å². The van der Waals surface area contributed by atoms with Crippen LogP contribution in [0, 0.1) is 0 Å². The van der Waals surface area contributed by atoms with Crippen molar-refractivity contribution in [1.82, 2.24) is 14.9 Å². The Balaban J connectivity index is 1.58. The molecule has 0 spiro atoms. The zero-order valence-corrected chi connectivity index (χ0v) is 23.8. The van der Waals surface area contributed by atoms with Crippen LogP contribution in [0.3, 0.4) is 0 Å². The highest BCUT2D eigenvalue weighted by molar-refractivity contribution is 5.77. The summed E-state index contributed by atoms with van der Waals surface area (Å²) in [5, 5.41) is 16.1. The van der Waals surface area contributed by atoms with Gasteiger partial charge in [0.1, 0.15) is 23.8 Å². The molecule has 0 aliphatic heterocycles. The van der Waals surface area contributed by atoms with Gasteiger partial charge in [0.2, 0.25) is 0 Å². The number of ether oxygens (including phenoxy) is 1. The van der Waals surface area contributed by atoms with Gasteiger partial charge in [-0.15, -0.1) is 0 Å². The van der Waals surface area contributed by atoms with Crippen LogP contribution in [0.15, 0.2) is 60.8 Å². The van der Waals surface area contributed by atoms with Gasteiger partial charge >= 0.3 is 5.97 Å². The van der Waals surface area contributed by atoms with Crippen LogP contribution in [0.1, 0.15) is 37.4 Å². The Hall–Kier alpha value is -3.56. The summed E-state index contributed by atoms with van der Waals surface area (Å²) < 4.78 is 19.5. The van der Waals surface area contributed by atoms with Crippen molar-refractivity contribution in [2.24, 2.45) is 0 Å². The van der Waals surface area contributed by atoms with E-state index in [1.165, 1.54) is 12.7 Å². The summed E-state index contributed by atoms with van der Waals surface area (Å²) in [6.07, 6.45) is 4.31. The van der Waals surface area contributed by atoms with Gasteiger partial charge in [-0.3, -0.25) is 0 Å². The first-order valence-electron chi connectivity index (χ1n) is 14.0. The van der Waals surface area contributed by atoms with E-state index >= 15 is 0 Å². The number of halogens is 1. The van der Waals surface area contributed by atoms with Crippen molar-refractivity contribution < 1.29 is 19.0 Å². The molecule has 0 radical (unpaired) electrons. The molecule has 0 saturated carbocycles. The summed E-state index contributed by atoms with van der Waals surface area (Å²) in [7, 11) is 3.36. The number of anilines is 2.